The molecule has 0 radical (unpaired) electrons. The maximum Gasteiger partial charge on any atom is 0.139 e. The number of benzene rings is 1. The number of methoxy groups -OCH3 is 1. The van der Waals surface area contributed by atoms with Crippen molar-refractivity contribution in [1.82, 2.24) is 19.1 Å². The van der Waals surface area contributed by atoms with Gasteiger partial charge >= 0.3 is 0 Å². The van der Waals surface area contributed by atoms with Crippen LogP contribution in [-0.4, -0.2) is 32.8 Å². The molecule has 0 saturated heterocycles. The summed E-state index contributed by atoms with van der Waals surface area (Å²) in [4.78, 5) is 8.52. The molecular weight excluding hydrogens is 264 g/mol. The molecule has 2 heterocycles. The molecule has 108 valence electrons. The van der Waals surface area contributed by atoms with Gasteiger partial charge in [-0.2, -0.15) is 0 Å². The van der Waals surface area contributed by atoms with Gasteiger partial charge < -0.3 is 13.9 Å². The van der Waals surface area contributed by atoms with Crippen LogP contribution in [0.5, 0.6) is 0 Å². The maximum absolute atomic E-state index is 5.10. The van der Waals surface area contributed by atoms with Gasteiger partial charge in [-0.3, -0.25) is 0 Å². The molecule has 0 aliphatic heterocycles. The van der Waals surface area contributed by atoms with Gasteiger partial charge in [0.05, 0.1) is 6.33 Å². The van der Waals surface area contributed by atoms with Gasteiger partial charge in [0, 0.05) is 56.3 Å². The van der Waals surface area contributed by atoms with Crippen LogP contribution in [0.15, 0.2) is 55.4 Å². The molecule has 0 N–H and O–H groups in total. The van der Waals surface area contributed by atoms with E-state index in [2.05, 4.69) is 38.8 Å². The number of nitrogens with zero attached hydrogens (tertiary/aromatic N) is 4. The fourth-order valence-electron chi connectivity index (χ4n) is 2.32. The van der Waals surface area contributed by atoms with Crippen molar-refractivity contribution in [2.45, 2.75) is 13.0 Å². The van der Waals surface area contributed by atoms with E-state index in [4.69, 9.17) is 4.74 Å². The molecular formula is C16H18N4O. The Hall–Kier alpha value is -2.40. The molecule has 0 amide bonds. The molecule has 21 heavy (non-hydrogen) atoms. The number of imidazole rings is 2. The summed E-state index contributed by atoms with van der Waals surface area (Å²) >= 11 is 0. The molecule has 0 bridgehead atoms. The lowest BCUT2D eigenvalue weighted by atomic mass is 10.2. The minimum atomic E-state index is 0.761. The summed E-state index contributed by atoms with van der Waals surface area (Å²) in [6.45, 7) is 1.67. The van der Waals surface area contributed by atoms with Crippen LogP contribution in [0.25, 0.3) is 17.1 Å². The molecule has 3 aromatic rings. The van der Waals surface area contributed by atoms with E-state index >= 15 is 0 Å². The Balaban J connectivity index is 1.79. The predicted octanol–water partition coefficient (Wildman–Crippen LogP) is 2.77. The van der Waals surface area contributed by atoms with Gasteiger partial charge in [-0.1, -0.05) is 0 Å². The summed E-state index contributed by atoms with van der Waals surface area (Å²) in [5.41, 5.74) is 2.20. The van der Waals surface area contributed by atoms with E-state index in [9.17, 15) is 0 Å². The normalized spacial score (nSPS) is 10.9. The van der Waals surface area contributed by atoms with Crippen LogP contribution in [0.2, 0.25) is 0 Å². The molecule has 1 aromatic carbocycles. The van der Waals surface area contributed by atoms with Crippen LogP contribution in [0.1, 0.15) is 6.42 Å². The number of ether oxygens (including phenoxy) is 1. The number of aromatic nitrogens is 4. The van der Waals surface area contributed by atoms with Crippen molar-refractivity contribution in [2.75, 3.05) is 13.7 Å². The van der Waals surface area contributed by atoms with E-state index in [1.54, 1.807) is 19.6 Å². The van der Waals surface area contributed by atoms with Crippen molar-refractivity contribution >= 4 is 0 Å². The quantitative estimate of drug-likeness (QED) is 0.653. The van der Waals surface area contributed by atoms with Crippen molar-refractivity contribution in [1.29, 1.82) is 0 Å². The Morgan fingerprint density at radius 2 is 1.95 bits per heavy atom. The third kappa shape index (κ3) is 3.03. The fraction of sp³-hybridized carbons (Fsp3) is 0.250. The van der Waals surface area contributed by atoms with Crippen molar-refractivity contribution in [2.24, 2.45) is 0 Å². The van der Waals surface area contributed by atoms with E-state index in [0.717, 1.165) is 36.6 Å². The summed E-state index contributed by atoms with van der Waals surface area (Å²) in [6.07, 6.45) is 10.3. The second kappa shape index (κ2) is 6.37. The average molecular weight is 282 g/mol. The van der Waals surface area contributed by atoms with Gasteiger partial charge in [0.15, 0.2) is 0 Å². The van der Waals surface area contributed by atoms with Gasteiger partial charge in [0.1, 0.15) is 5.82 Å². The zero-order chi connectivity index (χ0) is 14.5. The number of hydrogen-bond donors (Lipinski definition) is 0. The standard InChI is InChI=1S/C16H18N4O/c1-21-12-2-9-19-11-8-18-16(19)14-3-5-15(6-4-14)20-10-7-17-13-20/h3-8,10-11,13H,2,9,12H2,1H3. The van der Waals surface area contributed by atoms with Crippen LogP contribution in [0, 0.1) is 0 Å². The van der Waals surface area contributed by atoms with Gasteiger partial charge in [-0.05, 0) is 30.7 Å². The highest BCUT2D eigenvalue weighted by Gasteiger charge is 2.06. The summed E-state index contributed by atoms with van der Waals surface area (Å²) in [7, 11) is 1.73. The van der Waals surface area contributed by atoms with E-state index in [0.29, 0.717) is 0 Å². The highest BCUT2D eigenvalue weighted by molar-refractivity contribution is 5.57. The van der Waals surface area contributed by atoms with E-state index in [1.165, 1.54) is 0 Å². The second-order valence-electron chi connectivity index (χ2n) is 4.81. The van der Waals surface area contributed by atoms with Gasteiger partial charge in [0.2, 0.25) is 0 Å². The highest BCUT2D eigenvalue weighted by Crippen LogP contribution is 2.19. The van der Waals surface area contributed by atoms with Gasteiger partial charge in [-0.25, -0.2) is 9.97 Å². The molecule has 0 saturated carbocycles. The monoisotopic (exact) mass is 282 g/mol. The minimum absolute atomic E-state index is 0.761. The molecule has 5 heteroatoms. The van der Waals surface area contributed by atoms with Crippen molar-refractivity contribution in [3.05, 3.63) is 55.4 Å². The summed E-state index contributed by atoms with van der Waals surface area (Å²) in [6, 6.07) is 8.32. The van der Waals surface area contributed by atoms with Crippen molar-refractivity contribution in [3.8, 4) is 17.1 Å². The Kier molecular flexibility index (Phi) is 4.12. The minimum Gasteiger partial charge on any atom is -0.385 e. The summed E-state index contributed by atoms with van der Waals surface area (Å²) in [5.74, 6) is 0.989. The molecule has 0 unspecified atom stereocenters. The Labute approximate surface area is 123 Å². The first-order valence-corrected chi connectivity index (χ1v) is 6.97. The van der Waals surface area contributed by atoms with Crippen LogP contribution in [0.4, 0.5) is 0 Å². The third-order valence-electron chi connectivity index (χ3n) is 3.39. The van der Waals surface area contributed by atoms with Crippen LogP contribution < -0.4 is 0 Å². The third-order valence-corrected chi connectivity index (χ3v) is 3.39. The van der Waals surface area contributed by atoms with Crippen molar-refractivity contribution in [3.63, 3.8) is 0 Å². The van der Waals surface area contributed by atoms with Crippen LogP contribution in [0.3, 0.4) is 0 Å². The lowest BCUT2D eigenvalue weighted by molar-refractivity contribution is 0.190. The molecule has 0 aliphatic rings. The zero-order valence-electron chi connectivity index (χ0n) is 12.0. The predicted molar refractivity (Wildman–Crippen MR) is 81.3 cm³/mol. The van der Waals surface area contributed by atoms with E-state index in [-0.39, 0.29) is 0 Å². The molecule has 0 spiro atoms. The topological polar surface area (TPSA) is 44.9 Å². The zero-order valence-corrected chi connectivity index (χ0v) is 12.0. The molecule has 2 aromatic heterocycles. The fourth-order valence-corrected chi connectivity index (χ4v) is 2.32. The number of rotatable bonds is 6. The summed E-state index contributed by atoms with van der Waals surface area (Å²) < 4.78 is 9.24. The first kappa shape index (κ1) is 13.6. The lowest BCUT2D eigenvalue weighted by Gasteiger charge is -2.08. The average Bonchev–Trinajstić information content (AvgIpc) is 3.19. The molecule has 0 aliphatic carbocycles. The lowest BCUT2D eigenvalue weighted by Crippen LogP contribution is -2.02. The SMILES string of the molecule is COCCCn1ccnc1-c1ccc(-n2ccnc2)cc1. The first-order valence-electron chi connectivity index (χ1n) is 6.97. The van der Waals surface area contributed by atoms with E-state index in [1.807, 2.05) is 23.2 Å². The first-order chi connectivity index (χ1) is 10.4. The Morgan fingerprint density at radius 3 is 2.67 bits per heavy atom. The van der Waals surface area contributed by atoms with Crippen LogP contribution in [-0.2, 0) is 11.3 Å². The molecule has 0 atom stereocenters. The molecule has 0 fully saturated rings. The van der Waals surface area contributed by atoms with E-state index < -0.39 is 0 Å². The number of aryl methyl sites for hydroxylation is 1. The van der Waals surface area contributed by atoms with Crippen LogP contribution >= 0.6 is 0 Å². The number of hydrogen-bond acceptors (Lipinski definition) is 3. The maximum atomic E-state index is 5.10. The highest BCUT2D eigenvalue weighted by atomic mass is 16.5. The second-order valence-corrected chi connectivity index (χ2v) is 4.81. The largest absolute Gasteiger partial charge is 0.385 e. The Morgan fingerprint density at radius 1 is 1.10 bits per heavy atom. The van der Waals surface area contributed by atoms with Crippen molar-refractivity contribution < 1.29 is 4.74 Å². The van der Waals surface area contributed by atoms with Gasteiger partial charge in [0.25, 0.3) is 0 Å². The summed E-state index contributed by atoms with van der Waals surface area (Å²) in [5, 5.41) is 0. The Bertz CT molecular complexity index is 671. The molecule has 5 nitrogen and oxygen atoms in total. The van der Waals surface area contributed by atoms with Gasteiger partial charge in [-0.15, -0.1) is 0 Å². The molecule has 3 rings (SSSR count). The smallest absolute Gasteiger partial charge is 0.139 e.